The van der Waals surface area contributed by atoms with Gasteiger partial charge in [0.15, 0.2) is 5.16 Å². The van der Waals surface area contributed by atoms with Crippen LogP contribution in [-0.4, -0.2) is 60.1 Å². The lowest BCUT2D eigenvalue weighted by Gasteiger charge is -2.10. The van der Waals surface area contributed by atoms with Crippen LogP contribution < -0.4 is 4.18 Å². The Morgan fingerprint density at radius 1 is 1.45 bits per heavy atom. The maximum atomic E-state index is 11.6. The monoisotopic (exact) mass is 322 g/mol. The largest absolute Gasteiger partial charge is 0.352 e. The number of thioether (sulfide) groups is 1. The van der Waals surface area contributed by atoms with Gasteiger partial charge in [-0.3, -0.25) is 4.79 Å². The second-order valence-corrected chi connectivity index (χ2v) is 7.10. The molecule has 0 bridgehead atoms. The van der Waals surface area contributed by atoms with E-state index >= 15 is 0 Å². The van der Waals surface area contributed by atoms with Crippen molar-refractivity contribution >= 4 is 27.8 Å². The third kappa shape index (κ3) is 5.00. The molecule has 0 saturated carbocycles. The molecule has 0 saturated heterocycles. The van der Waals surface area contributed by atoms with Crippen molar-refractivity contribution < 1.29 is 17.4 Å². The molecule has 10 heteroatoms. The molecule has 8 nitrogen and oxygen atoms in total. The van der Waals surface area contributed by atoms with Gasteiger partial charge in [0, 0.05) is 20.1 Å². The summed E-state index contributed by atoms with van der Waals surface area (Å²) in [6.45, 7) is 3.74. The fourth-order valence-corrected chi connectivity index (χ4v) is 2.53. The van der Waals surface area contributed by atoms with Crippen LogP contribution in [0.1, 0.15) is 19.9 Å². The maximum absolute atomic E-state index is 11.6. The Morgan fingerprint density at radius 3 is 2.50 bits per heavy atom. The van der Waals surface area contributed by atoms with Gasteiger partial charge in [-0.15, -0.1) is 5.10 Å². The first-order valence-corrected chi connectivity index (χ1v) is 8.59. The number of rotatable bonds is 6. The minimum atomic E-state index is -3.67. The summed E-state index contributed by atoms with van der Waals surface area (Å²) in [7, 11) is -0.352. The highest BCUT2D eigenvalue weighted by Crippen LogP contribution is 2.22. The van der Waals surface area contributed by atoms with Gasteiger partial charge in [-0.25, -0.2) is 4.68 Å². The highest BCUT2D eigenvalue weighted by Gasteiger charge is 2.18. The van der Waals surface area contributed by atoms with Crippen molar-refractivity contribution in [1.29, 1.82) is 0 Å². The second kappa shape index (κ2) is 6.44. The molecule has 0 unspecified atom stereocenters. The number of carbonyl (C=O) groups excluding carboxylic acids is 1. The molecule has 20 heavy (non-hydrogen) atoms. The summed E-state index contributed by atoms with van der Waals surface area (Å²) in [4.78, 5) is 17.0. The smallest absolute Gasteiger partial charge is 0.348 e. The van der Waals surface area contributed by atoms with Crippen molar-refractivity contribution in [3.8, 4) is 6.01 Å². The molecular weight excluding hydrogens is 304 g/mol. The fraction of sp³-hybridized carbons (Fsp3) is 0.700. The molecule has 1 rings (SSSR count). The lowest BCUT2D eigenvalue weighted by molar-refractivity contribution is -0.125. The maximum Gasteiger partial charge on any atom is 0.352 e. The Morgan fingerprint density at radius 2 is 2.05 bits per heavy atom. The van der Waals surface area contributed by atoms with E-state index in [4.69, 9.17) is 0 Å². The molecule has 1 aromatic heterocycles. The summed E-state index contributed by atoms with van der Waals surface area (Å²) in [6.07, 6.45) is 0.922. The predicted molar refractivity (Wildman–Crippen MR) is 75.3 cm³/mol. The quantitative estimate of drug-likeness (QED) is 0.552. The van der Waals surface area contributed by atoms with E-state index in [1.165, 1.54) is 21.3 Å². The first-order valence-electron chi connectivity index (χ1n) is 5.79. The van der Waals surface area contributed by atoms with E-state index in [0.717, 1.165) is 6.26 Å². The third-order valence-corrected chi connectivity index (χ3v) is 3.50. The fourth-order valence-electron chi connectivity index (χ4n) is 1.15. The van der Waals surface area contributed by atoms with Crippen LogP contribution in [-0.2, 0) is 14.9 Å². The van der Waals surface area contributed by atoms with E-state index < -0.39 is 10.1 Å². The van der Waals surface area contributed by atoms with Crippen LogP contribution in [0.25, 0.3) is 0 Å². The first-order chi connectivity index (χ1) is 9.10. The number of amides is 1. The van der Waals surface area contributed by atoms with Crippen molar-refractivity contribution in [3.63, 3.8) is 0 Å². The molecule has 114 valence electrons. The first kappa shape index (κ1) is 16.8. The summed E-state index contributed by atoms with van der Waals surface area (Å²) < 4.78 is 28.3. The Balaban J connectivity index is 2.91. The van der Waals surface area contributed by atoms with Gasteiger partial charge in [0.25, 0.3) is 0 Å². The van der Waals surface area contributed by atoms with Gasteiger partial charge in [-0.2, -0.15) is 13.4 Å². The van der Waals surface area contributed by atoms with Crippen molar-refractivity contribution in [2.45, 2.75) is 25.0 Å². The zero-order valence-corrected chi connectivity index (χ0v) is 13.7. The average Bonchev–Trinajstić information content (AvgIpc) is 2.66. The van der Waals surface area contributed by atoms with Crippen molar-refractivity contribution in [1.82, 2.24) is 19.7 Å². The van der Waals surface area contributed by atoms with Crippen LogP contribution in [0.2, 0.25) is 0 Å². The molecule has 0 spiro atoms. The van der Waals surface area contributed by atoms with E-state index in [-0.39, 0.29) is 23.7 Å². The minimum absolute atomic E-state index is 0.0311. The predicted octanol–water partition coefficient (Wildman–Crippen LogP) is 0.378. The van der Waals surface area contributed by atoms with E-state index in [9.17, 15) is 13.2 Å². The molecular formula is C10H18N4O4S2. The third-order valence-electron chi connectivity index (χ3n) is 2.12. The normalized spacial score (nSPS) is 11.7. The number of nitrogens with zero attached hydrogens (tertiary/aromatic N) is 4. The van der Waals surface area contributed by atoms with Gasteiger partial charge in [0.2, 0.25) is 5.91 Å². The number of carbonyl (C=O) groups is 1. The molecule has 0 aliphatic carbocycles. The zero-order chi connectivity index (χ0) is 15.5. The molecule has 0 atom stereocenters. The summed E-state index contributed by atoms with van der Waals surface area (Å²) in [6, 6.07) is -0.266. The summed E-state index contributed by atoms with van der Waals surface area (Å²) >= 11 is 1.18. The molecule has 0 aliphatic rings. The van der Waals surface area contributed by atoms with E-state index in [1.54, 1.807) is 14.1 Å². The molecule has 1 aromatic rings. The zero-order valence-electron chi connectivity index (χ0n) is 12.0. The summed E-state index contributed by atoms with van der Waals surface area (Å²) in [5, 5.41) is 4.42. The molecule has 0 aromatic carbocycles. The SMILES string of the molecule is CC(C)n1nc(OS(C)(=O)=O)nc1SCC(=O)N(C)C. The highest BCUT2D eigenvalue weighted by molar-refractivity contribution is 7.99. The van der Waals surface area contributed by atoms with Crippen molar-refractivity contribution in [2.75, 3.05) is 26.1 Å². The molecule has 0 aliphatic heterocycles. The molecule has 0 fully saturated rings. The molecule has 1 heterocycles. The Labute approximate surface area is 122 Å². The Kier molecular flexibility index (Phi) is 5.40. The standard InChI is InChI=1S/C10H18N4O4S2/c1-7(2)14-10(19-6-8(15)13(3)4)11-9(12-14)18-20(5,16)17/h7H,6H2,1-5H3. The number of hydrogen-bond donors (Lipinski definition) is 0. The van der Waals surface area contributed by atoms with Crippen LogP contribution in [0.15, 0.2) is 5.16 Å². The summed E-state index contributed by atoms with van der Waals surface area (Å²) in [5.74, 6) is 0.121. The average molecular weight is 322 g/mol. The van der Waals surface area contributed by atoms with Crippen LogP contribution in [0.5, 0.6) is 6.01 Å². The molecule has 0 radical (unpaired) electrons. The highest BCUT2D eigenvalue weighted by atomic mass is 32.2. The van der Waals surface area contributed by atoms with Gasteiger partial charge < -0.3 is 9.08 Å². The van der Waals surface area contributed by atoms with Crippen LogP contribution in [0.3, 0.4) is 0 Å². The second-order valence-electron chi connectivity index (χ2n) is 4.58. The van der Waals surface area contributed by atoms with Gasteiger partial charge in [0.05, 0.1) is 12.0 Å². The van der Waals surface area contributed by atoms with Crippen molar-refractivity contribution in [2.24, 2.45) is 0 Å². The Hall–Kier alpha value is -1.29. The Bertz CT molecular complexity index is 580. The van der Waals surface area contributed by atoms with Crippen LogP contribution in [0.4, 0.5) is 0 Å². The van der Waals surface area contributed by atoms with E-state index in [0.29, 0.717) is 5.16 Å². The van der Waals surface area contributed by atoms with E-state index in [1.807, 2.05) is 13.8 Å². The van der Waals surface area contributed by atoms with E-state index in [2.05, 4.69) is 14.3 Å². The number of aromatic nitrogens is 3. The van der Waals surface area contributed by atoms with Gasteiger partial charge >= 0.3 is 16.1 Å². The summed E-state index contributed by atoms with van der Waals surface area (Å²) in [5.41, 5.74) is 0. The van der Waals surface area contributed by atoms with Crippen molar-refractivity contribution in [3.05, 3.63) is 0 Å². The van der Waals surface area contributed by atoms with Crippen LogP contribution in [0, 0.1) is 0 Å². The molecule has 1 amide bonds. The van der Waals surface area contributed by atoms with Gasteiger partial charge in [-0.05, 0) is 13.8 Å². The van der Waals surface area contributed by atoms with Gasteiger partial charge in [-0.1, -0.05) is 11.8 Å². The lowest BCUT2D eigenvalue weighted by atomic mass is 10.4. The topological polar surface area (TPSA) is 94.4 Å². The minimum Gasteiger partial charge on any atom is -0.348 e. The number of hydrogen-bond acceptors (Lipinski definition) is 7. The van der Waals surface area contributed by atoms with Gasteiger partial charge in [0.1, 0.15) is 0 Å². The van der Waals surface area contributed by atoms with Crippen LogP contribution >= 0.6 is 11.8 Å². The molecule has 0 N–H and O–H groups in total. The lowest BCUT2D eigenvalue weighted by Crippen LogP contribution is -2.23.